The van der Waals surface area contributed by atoms with E-state index >= 15 is 0 Å². The van der Waals surface area contributed by atoms with E-state index in [1.54, 1.807) is 11.7 Å². The molecule has 2 aromatic rings. The third kappa shape index (κ3) is 4.72. The Hall–Kier alpha value is -3.15. The number of carbonyl (C=O) groups excluding carboxylic acids is 2. The van der Waals surface area contributed by atoms with E-state index in [-0.39, 0.29) is 29.6 Å². The standard InChI is InChI=1S/C22H26F4N6O2/c1-12-15(23)3-4-17(19(12)26)28-22(34)31-6-5-16-14(11-31)20-21(33)30(2)9-13(10-32(20)29-16)7-27-8-18(24)25/h3-4,13,18,27H,5-11H2,1-2H3,(H,28,34)/t13-/m1/s1. The number of hydrogen-bond acceptors (Lipinski definition) is 4. The first kappa shape index (κ1) is 24.0. The molecule has 0 unspecified atom stereocenters. The highest BCUT2D eigenvalue weighted by atomic mass is 19.3. The number of amides is 3. The molecule has 0 aliphatic carbocycles. The van der Waals surface area contributed by atoms with Crippen LogP contribution < -0.4 is 10.6 Å². The third-order valence-corrected chi connectivity index (χ3v) is 6.19. The van der Waals surface area contributed by atoms with E-state index < -0.39 is 30.6 Å². The van der Waals surface area contributed by atoms with Crippen molar-refractivity contribution in [2.24, 2.45) is 5.92 Å². The molecule has 0 saturated carbocycles. The second-order valence-corrected chi connectivity index (χ2v) is 8.69. The summed E-state index contributed by atoms with van der Waals surface area (Å²) < 4.78 is 54.4. The number of hydrogen-bond donors (Lipinski definition) is 2. The van der Waals surface area contributed by atoms with Crippen LogP contribution in [0.5, 0.6) is 0 Å². The Kier molecular flexibility index (Phi) is 6.78. The molecule has 0 fully saturated rings. The van der Waals surface area contributed by atoms with Crippen LogP contribution in [0.3, 0.4) is 0 Å². The minimum absolute atomic E-state index is 0.103. The second-order valence-electron chi connectivity index (χ2n) is 8.69. The lowest BCUT2D eigenvalue weighted by atomic mass is 10.0. The van der Waals surface area contributed by atoms with Crippen molar-refractivity contribution >= 4 is 17.6 Å². The van der Waals surface area contributed by atoms with Gasteiger partial charge >= 0.3 is 6.03 Å². The predicted molar refractivity (Wildman–Crippen MR) is 116 cm³/mol. The Labute approximate surface area is 193 Å². The number of nitrogens with one attached hydrogen (secondary N) is 2. The maximum Gasteiger partial charge on any atom is 0.322 e. The van der Waals surface area contributed by atoms with Crippen LogP contribution in [0.25, 0.3) is 0 Å². The van der Waals surface area contributed by atoms with Gasteiger partial charge in [0.15, 0.2) is 5.82 Å². The summed E-state index contributed by atoms with van der Waals surface area (Å²) in [6.07, 6.45) is -2.05. The first-order valence-electron chi connectivity index (χ1n) is 11.0. The van der Waals surface area contributed by atoms with Crippen molar-refractivity contribution in [1.29, 1.82) is 0 Å². The number of alkyl halides is 2. The van der Waals surface area contributed by atoms with Crippen LogP contribution in [0.4, 0.5) is 28.0 Å². The molecule has 0 saturated heterocycles. The van der Waals surface area contributed by atoms with Crippen LogP contribution >= 0.6 is 0 Å². The summed E-state index contributed by atoms with van der Waals surface area (Å²) in [5, 5.41) is 9.77. The van der Waals surface area contributed by atoms with E-state index in [1.807, 2.05) is 0 Å². The first-order valence-corrected chi connectivity index (χ1v) is 11.0. The van der Waals surface area contributed by atoms with Gasteiger partial charge in [-0.3, -0.25) is 9.48 Å². The van der Waals surface area contributed by atoms with Gasteiger partial charge in [0, 0.05) is 56.7 Å². The highest BCUT2D eigenvalue weighted by molar-refractivity contribution is 5.95. The molecule has 3 amide bonds. The van der Waals surface area contributed by atoms with Crippen LogP contribution in [0, 0.1) is 24.5 Å². The van der Waals surface area contributed by atoms with E-state index in [9.17, 15) is 27.2 Å². The van der Waals surface area contributed by atoms with Crippen molar-refractivity contribution in [3.8, 4) is 0 Å². The Morgan fingerprint density at radius 1 is 1.26 bits per heavy atom. The van der Waals surface area contributed by atoms with Crippen molar-refractivity contribution in [3.05, 3.63) is 46.3 Å². The van der Waals surface area contributed by atoms with Crippen molar-refractivity contribution in [1.82, 2.24) is 24.9 Å². The van der Waals surface area contributed by atoms with Gasteiger partial charge in [-0.05, 0) is 19.1 Å². The van der Waals surface area contributed by atoms with Crippen molar-refractivity contribution in [2.75, 3.05) is 38.5 Å². The summed E-state index contributed by atoms with van der Waals surface area (Å²) >= 11 is 0. The topological polar surface area (TPSA) is 82.5 Å². The molecule has 4 rings (SSSR count). The highest BCUT2D eigenvalue weighted by Gasteiger charge is 2.35. The van der Waals surface area contributed by atoms with E-state index in [1.165, 1.54) is 16.7 Å². The average molecular weight is 482 g/mol. The van der Waals surface area contributed by atoms with Crippen LogP contribution in [-0.2, 0) is 19.5 Å². The number of urea groups is 1. The third-order valence-electron chi connectivity index (χ3n) is 6.19. The lowest BCUT2D eigenvalue weighted by Gasteiger charge is -2.27. The summed E-state index contributed by atoms with van der Waals surface area (Å²) in [6, 6.07) is 1.68. The van der Waals surface area contributed by atoms with Gasteiger partial charge < -0.3 is 20.4 Å². The molecule has 184 valence electrons. The van der Waals surface area contributed by atoms with E-state index in [0.29, 0.717) is 49.6 Å². The maximum absolute atomic E-state index is 14.3. The molecule has 34 heavy (non-hydrogen) atoms. The molecule has 2 aliphatic rings. The number of fused-ring (bicyclic) bond motifs is 3. The number of anilines is 1. The fraction of sp³-hybridized carbons (Fsp3) is 0.500. The van der Waals surface area contributed by atoms with E-state index in [2.05, 4.69) is 15.7 Å². The van der Waals surface area contributed by atoms with Crippen LogP contribution in [0.15, 0.2) is 12.1 Å². The molecule has 8 nitrogen and oxygen atoms in total. The van der Waals surface area contributed by atoms with Gasteiger partial charge in [-0.15, -0.1) is 0 Å². The zero-order valence-electron chi connectivity index (χ0n) is 18.9. The molecular weight excluding hydrogens is 456 g/mol. The highest BCUT2D eigenvalue weighted by Crippen LogP contribution is 2.27. The van der Waals surface area contributed by atoms with Gasteiger partial charge in [0.05, 0.1) is 24.5 Å². The van der Waals surface area contributed by atoms with Gasteiger partial charge in [-0.25, -0.2) is 22.4 Å². The Bertz CT molecular complexity index is 1110. The molecule has 3 heterocycles. The minimum atomic E-state index is -2.46. The molecule has 12 heteroatoms. The SMILES string of the molecule is Cc1c(F)ccc(NC(=O)N2CCc3nn4c(c3C2)C(=O)N(C)C[C@@H](CNCC(F)F)C4)c1F. The zero-order chi connectivity index (χ0) is 24.6. The number of benzene rings is 1. The van der Waals surface area contributed by atoms with Crippen LogP contribution in [0.2, 0.25) is 0 Å². The van der Waals surface area contributed by atoms with Gasteiger partial charge in [-0.1, -0.05) is 0 Å². The van der Waals surface area contributed by atoms with Crippen molar-refractivity contribution in [2.45, 2.75) is 32.9 Å². The van der Waals surface area contributed by atoms with E-state index in [0.717, 1.165) is 12.1 Å². The first-order chi connectivity index (χ1) is 16.2. The molecule has 0 radical (unpaired) electrons. The van der Waals surface area contributed by atoms with Crippen molar-refractivity contribution in [3.63, 3.8) is 0 Å². The predicted octanol–water partition coefficient (Wildman–Crippen LogP) is 2.62. The molecule has 1 aromatic carbocycles. The summed E-state index contributed by atoms with van der Waals surface area (Å²) in [5.41, 5.74) is 1.38. The van der Waals surface area contributed by atoms with Gasteiger partial charge in [0.2, 0.25) is 0 Å². The Balaban J connectivity index is 1.52. The monoisotopic (exact) mass is 482 g/mol. The summed E-state index contributed by atoms with van der Waals surface area (Å²) in [5.74, 6) is -1.91. The number of rotatable bonds is 5. The van der Waals surface area contributed by atoms with Gasteiger partial charge in [0.25, 0.3) is 12.3 Å². The fourth-order valence-electron chi connectivity index (χ4n) is 4.40. The fourth-order valence-corrected chi connectivity index (χ4v) is 4.40. The van der Waals surface area contributed by atoms with Crippen LogP contribution in [-0.4, -0.2) is 71.2 Å². The Morgan fingerprint density at radius 2 is 2.03 bits per heavy atom. The van der Waals surface area contributed by atoms with Gasteiger partial charge in [0.1, 0.15) is 11.5 Å². The largest absolute Gasteiger partial charge is 0.340 e. The van der Waals surface area contributed by atoms with E-state index in [4.69, 9.17) is 0 Å². The number of halogens is 4. The second kappa shape index (κ2) is 9.61. The minimum Gasteiger partial charge on any atom is -0.340 e. The molecular formula is C22H26F4N6O2. The quantitative estimate of drug-likeness (QED) is 0.642. The summed E-state index contributed by atoms with van der Waals surface area (Å²) in [6.45, 7) is 2.33. The van der Waals surface area contributed by atoms with Crippen LogP contribution in [0.1, 0.15) is 27.3 Å². The molecule has 2 aliphatic heterocycles. The smallest absolute Gasteiger partial charge is 0.322 e. The summed E-state index contributed by atoms with van der Waals surface area (Å²) in [4.78, 5) is 28.9. The normalized spacial score (nSPS) is 18.1. The molecule has 1 atom stereocenters. The van der Waals surface area contributed by atoms with Gasteiger partial charge in [-0.2, -0.15) is 5.10 Å². The molecule has 1 aromatic heterocycles. The average Bonchev–Trinajstić information content (AvgIpc) is 3.09. The lowest BCUT2D eigenvalue weighted by Crippen LogP contribution is -2.40. The number of aromatic nitrogens is 2. The van der Waals surface area contributed by atoms with Crippen molar-refractivity contribution < 1.29 is 27.2 Å². The molecule has 2 N–H and O–H groups in total. The Morgan fingerprint density at radius 3 is 2.76 bits per heavy atom. The maximum atomic E-state index is 14.3. The zero-order valence-corrected chi connectivity index (χ0v) is 18.9. The number of carbonyl (C=O) groups is 2. The molecule has 0 spiro atoms. The summed E-state index contributed by atoms with van der Waals surface area (Å²) in [7, 11) is 1.64. The molecule has 0 bridgehead atoms. The number of nitrogens with zero attached hydrogens (tertiary/aromatic N) is 4. The lowest BCUT2D eigenvalue weighted by molar-refractivity contribution is 0.0776.